The van der Waals surface area contributed by atoms with Gasteiger partial charge in [-0.2, -0.15) is 0 Å². The molecule has 0 saturated carbocycles. The largest absolute Gasteiger partial charge is 0.294 e. The normalized spacial score (nSPS) is 12.5. The zero-order chi connectivity index (χ0) is 14.5. The lowest BCUT2D eigenvalue weighted by molar-refractivity contribution is 0.0994. The number of hydrogen-bond acceptors (Lipinski definition) is 3. The molecule has 0 amide bonds. The standard InChI is InChI=1S/C10H8O.C8H6N2/c11-10-7-3-5-8-4-1-2-6-9(8)10;1-2-4-8-7(3-1)5-9-6-10-8/h1-6H,7H2;1-6H. The predicted molar refractivity (Wildman–Crippen MR) is 84.0 cm³/mol. The molecule has 3 aromatic rings. The fourth-order valence-electron chi connectivity index (χ4n) is 2.22. The van der Waals surface area contributed by atoms with Gasteiger partial charge < -0.3 is 0 Å². The van der Waals surface area contributed by atoms with Gasteiger partial charge in [-0.05, 0) is 11.6 Å². The minimum absolute atomic E-state index is 0.225. The quantitative estimate of drug-likeness (QED) is 0.624. The van der Waals surface area contributed by atoms with Gasteiger partial charge in [-0.25, -0.2) is 9.97 Å². The van der Waals surface area contributed by atoms with Crippen molar-refractivity contribution in [2.75, 3.05) is 0 Å². The van der Waals surface area contributed by atoms with Crippen LogP contribution >= 0.6 is 0 Å². The van der Waals surface area contributed by atoms with Crippen molar-refractivity contribution in [2.45, 2.75) is 6.42 Å². The monoisotopic (exact) mass is 274 g/mol. The van der Waals surface area contributed by atoms with Crippen molar-refractivity contribution in [1.29, 1.82) is 0 Å². The Morgan fingerprint density at radius 2 is 1.76 bits per heavy atom. The van der Waals surface area contributed by atoms with E-state index in [1.807, 2.05) is 66.9 Å². The van der Waals surface area contributed by atoms with E-state index in [0.29, 0.717) is 6.42 Å². The predicted octanol–water partition coefficient (Wildman–Crippen LogP) is 3.92. The van der Waals surface area contributed by atoms with Crippen molar-refractivity contribution in [3.8, 4) is 0 Å². The van der Waals surface area contributed by atoms with Crippen LogP contribution < -0.4 is 0 Å². The van der Waals surface area contributed by atoms with Crippen LogP contribution in [-0.4, -0.2) is 15.8 Å². The Morgan fingerprint density at radius 1 is 0.952 bits per heavy atom. The number of carbonyl (C=O) groups is 1. The molecule has 2 aromatic carbocycles. The Bertz CT molecular complexity index is 743. The molecule has 0 unspecified atom stereocenters. The van der Waals surface area contributed by atoms with Gasteiger partial charge >= 0.3 is 0 Å². The number of benzene rings is 2. The van der Waals surface area contributed by atoms with Crippen LogP contribution in [0.1, 0.15) is 22.3 Å². The van der Waals surface area contributed by atoms with Crippen LogP contribution in [-0.2, 0) is 0 Å². The molecular formula is C18H14N2O. The first-order chi connectivity index (χ1) is 10.3. The van der Waals surface area contributed by atoms with Crippen LogP contribution in [0.3, 0.4) is 0 Å². The topological polar surface area (TPSA) is 42.9 Å². The molecule has 4 rings (SSSR count). The van der Waals surface area contributed by atoms with Gasteiger partial charge in [-0.3, -0.25) is 4.79 Å². The van der Waals surface area contributed by atoms with Crippen LogP contribution in [0.5, 0.6) is 0 Å². The summed E-state index contributed by atoms with van der Waals surface area (Å²) in [5.74, 6) is 0.225. The summed E-state index contributed by atoms with van der Waals surface area (Å²) in [4.78, 5) is 19.2. The summed E-state index contributed by atoms with van der Waals surface area (Å²) in [5, 5.41) is 1.09. The zero-order valence-electron chi connectivity index (χ0n) is 11.4. The molecule has 0 saturated heterocycles. The molecule has 1 aliphatic carbocycles. The highest BCUT2D eigenvalue weighted by atomic mass is 16.1. The van der Waals surface area contributed by atoms with Gasteiger partial charge in [0.25, 0.3) is 0 Å². The average Bonchev–Trinajstić information content (AvgIpc) is 2.56. The number of para-hydroxylation sites is 1. The van der Waals surface area contributed by atoms with Gasteiger partial charge in [0.05, 0.1) is 5.52 Å². The van der Waals surface area contributed by atoms with E-state index in [1.54, 1.807) is 6.33 Å². The first-order valence-electron chi connectivity index (χ1n) is 6.78. The number of ketones is 1. The number of hydrogen-bond donors (Lipinski definition) is 0. The molecule has 3 nitrogen and oxygen atoms in total. The van der Waals surface area contributed by atoms with Gasteiger partial charge in [0, 0.05) is 23.6 Å². The van der Waals surface area contributed by atoms with Crippen molar-refractivity contribution < 1.29 is 4.79 Å². The number of carbonyl (C=O) groups excluding carboxylic acids is 1. The minimum Gasteiger partial charge on any atom is -0.294 e. The third kappa shape index (κ3) is 3.03. The van der Waals surface area contributed by atoms with Gasteiger partial charge in [-0.1, -0.05) is 54.6 Å². The SMILES string of the molecule is O=C1CC=Cc2ccccc21.c1ccc2ncncc2c1. The van der Waals surface area contributed by atoms with E-state index < -0.39 is 0 Å². The van der Waals surface area contributed by atoms with Crippen LogP contribution in [0.25, 0.3) is 17.0 Å². The van der Waals surface area contributed by atoms with Gasteiger partial charge in [0.15, 0.2) is 5.78 Å². The van der Waals surface area contributed by atoms with Crippen molar-refractivity contribution >= 4 is 22.8 Å². The summed E-state index contributed by atoms with van der Waals surface area (Å²) >= 11 is 0. The Balaban J connectivity index is 0.000000126. The number of nitrogens with zero attached hydrogens (tertiary/aromatic N) is 2. The highest BCUT2D eigenvalue weighted by Gasteiger charge is 2.10. The first-order valence-corrected chi connectivity index (χ1v) is 6.78. The molecule has 21 heavy (non-hydrogen) atoms. The fraction of sp³-hybridized carbons (Fsp3) is 0.0556. The van der Waals surface area contributed by atoms with Gasteiger partial charge in [0.1, 0.15) is 6.33 Å². The molecule has 102 valence electrons. The lowest BCUT2D eigenvalue weighted by Crippen LogP contribution is -2.02. The molecule has 0 N–H and O–H groups in total. The van der Waals surface area contributed by atoms with Crippen LogP contribution in [0.2, 0.25) is 0 Å². The maximum absolute atomic E-state index is 11.2. The first kappa shape index (κ1) is 13.2. The fourth-order valence-corrected chi connectivity index (χ4v) is 2.22. The van der Waals surface area contributed by atoms with E-state index in [0.717, 1.165) is 22.0 Å². The third-order valence-corrected chi connectivity index (χ3v) is 3.28. The van der Waals surface area contributed by atoms with Gasteiger partial charge in [-0.15, -0.1) is 0 Å². The molecule has 0 fully saturated rings. The van der Waals surface area contributed by atoms with Crippen LogP contribution in [0, 0.1) is 0 Å². The minimum atomic E-state index is 0.225. The molecule has 3 heteroatoms. The highest BCUT2D eigenvalue weighted by molar-refractivity contribution is 6.02. The Morgan fingerprint density at radius 3 is 2.62 bits per heavy atom. The molecule has 0 atom stereocenters. The third-order valence-electron chi connectivity index (χ3n) is 3.28. The number of aromatic nitrogens is 2. The summed E-state index contributed by atoms with van der Waals surface area (Å²) in [6.07, 6.45) is 7.82. The van der Waals surface area contributed by atoms with E-state index >= 15 is 0 Å². The second-order valence-electron chi connectivity index (χ2n) is 4.70. The van der Waals surface area contributed by atoms with E-state index in [2.05, 4.69) is 9.97 Å². The summed E-state index contributed by atoms with van der Waals surface area (Å²) in [7, 11) is 0. The number of rotatable bonds is 0. The van der Waals surface area contributed by atoms with Gasteiger partial charge in [0.2, 0.25) is 0 Å². The highest BCUT2D eigenvalue weighted by Crippen LogP contribution is 2.17. The molecule has 1 aromatic heterocycles. The summed E-state index contributed by atoms with van der Waals surface area (Å²) in [6, 6.07) is 15.6. The molecule has 0 bridgehead atoms. The number of allylic oxidation sites excluding steroid dienone is 1. The maximum atomic E-state index is 11.2. The van der Waals surface area contributed by atoms with Crippen molar-refractivity contribution in [3.05, 3.63) is 78.3 Å². The Hall–Kier alpha value is -2.81. The lowest BCUT2D eigenvalue weighted by Gasteiger charge is -2.07. The van der Waals surface area contributed by atoms with Crippen molar-refractivity contribution in [2.24, 2.45) is 0 Å². The average molecular weight is 274 g/mol. The molecule has 1 heterocycles. The Kier molecular flexibility index (Phi) is 3.83. The smallest absolute Gasteiger partial charge is 0.167 e. The van der Waals surface area contributed by atoms with E-state index in [4.69, 9.17) is 0 Å². The molecule has 0 spiro atoms. The summed E-state index contributed by atoms with van der Waals surface area (Å²) in [5.41, 5.74) is 2.90. The van der Waals surface area contributed by atoms with E-state index in [9.17, 15) is 4.79 Å². The second-order valence-corrected chi connectivity index (χ2v) is 4.70. The maximum Gasteiger partial charge on any atom is 0.167 e. The molecule has 0 radical (unpaired) electrons. The molecular weight excluding hydrogens is 260 g/mol. The molecule has 0 aliphatic heterocycles. The van der Waals surface area contributed by atoms with E-state index in [1.165, 1.54) is 0 Å². The molecule has 1 aliphatic rings. The Labute approximate surface area is 123 Å². The van der Waals surface area contributed by atoms with Crippen LogP contribution in [0.4, 0.5) is 0 Å². The van der Waals surface area contributed by atoms with Crippen molar-refractivity contribution in [3.63, 3.8) is 0 Å². The summed E-state index contributed by atoms with van der Waals surface area (Å²) in [6.45, 7) is 0. The second kappa shape index (κ2) is 6.09. The lowest BCUT2D eigenvalue weighted by atomic mass is 9.97. The number of fused-ring (bicyclic) bond motifs is 2. The number of Topliss-reactive ketones (excluding diaryl/α,β-unsaturated/α-hetero) is 1. The van der Waals surface area contributed by atoms with Crippen molar-refractivity contribution in [1.82, 2.24) is 9.97 Å². The van der Waals surface area contributed by atoms with E-state index in [-0.39, 0.29) is 5.78 Å². The zero-order valence-corrected chi connectivity index (χ0v) is 11.4. The summed E-state index contributed by atoms with van der Waals surface area (Å²) < 4.78 is 0. The van der Waals surface area contributed by atoms with Crippen LogP contribution in [0.15, 0.2) is 67.1 Å².